The lowest BCUT2D eigenvalue weighted by atomic mass is 10.1. The summed E-state index contributed by atoms with van der Waals surface area (Å²) < 4.78 is 45.0. The summed E-state index contributed by atoms with van der Waals surface area (Å²) in [5.74, 6) is -0.443. The number of hydrogen-bond donors (Lipinski definition) is 0. The van der Waals surface area contributed by atoms with Crippen LogP contribution in [0, 0.1) is 0 Å². The Kier molecular flexibility index (Phi) is 5.56. The quantitative estimate of drug-likeness (QED) is 0.749. The molecule has 1 heterocycles. The highest BCUT2D eigenvalue weighted by Gasteiger charge is 2.43. The first-order valence-electron chi connectivity index (χ1n) is 8.37. The Labute approximate surface area is 149 Å². The Bertz CT molecular complexity index is 719. The molecule has 0 spiro atoms. The Morgan fingerprint density at radius 1 is 1.19 bits per heavy atom. The van der Waals surface area contributed by atoms with E-state index < -0.39 is 24.8 Å². The highest BCUT2D eigenvalue weighted by atomic mass is 19.4. The van der Waals surface area contributed by atoms with E-state index in [1.54, 1.807) is 29.4 Å². The van der Waals surface area contributed by atoms with Crippen LogP contribution in [0.1, 0.15) is 30.1 Å². The molecular formula is C19H19F3N2O2. The maximum Gasteiger partial charge on any atom is 0.418 e. The molecule has 1 aliphatic carbocycles. The predicted molar refractivity (Wildman–Crippen MR) is 89.0 cm³/mol. The molecule has 2 aromatic rings. The van der Waals surface area contributed by atoms with Gasteiger partial charge < -0.3 is 9.64 Å². The minimum absolute atomic E-state index is 0.0157. The van der Waals surface area contributed by atoms with Gasteiger partial charge in [-0.25, -0.2) is 0 Å². The van der Waals surface area contributed by atoms with Crippen LogP contribution in [0.2, 0.25) is 0 Å². The smallest absolute Gasteiger partial charge is 0.354 e. The van der Waals surface area contributed by atoms with Crippen LogP contribution in [0.4, 0.5) is 13.2 Å². The fourth-order valence-corrected chi connectivity index (χ4v) is 2.74. The van der Waals surface area contributed by atoms with Crippen LogP contribution in [0.25, 0.3) is 0 Å². The van der Waals surface area contributed by atoms with Crippen molar-refractivity contribution < 1.29 is 22.7 Å². The zero-order valence-corrected chi connectivity index (χ0v) is 14.0. The van der Waals surface area contributed by atoms with E-state index in [0.717, 1.165) is 18.4 Å². The molecule has 1 amide bonds. The average Bonchev–Trinajstić information content (AvgIpc) is 3.45. The molecule has 1 saturated carbocycles. The third-order valence-electron chi connectivity index (χ3n) is 4.16. The summed E-state index contributed by atoms with van der Waals surface area (Å²) in [6.45, 7) is -0.293. The lowest BCUT2D eigenvalue weighted by molar-refractivity contribution is -0.224. The van der Waals surface area contributed by atoms with E-state index in [4.69, 9.17) is 4.74 Å². The standard InChI is InChI=1S/C19H19F3N2O2/c20-19(21,22)18(15-6-2-1-3-7-15)26-13-17(25)24(16-8-9-16)12-14-5-4-10-23-11-14/h1-7,10-11,16,18H,8-9,12-13H2/t18-/m1/s1. The number of aromatic nitrogens is 1. The van der Waals surface area contributed by atoms with E-state index in [1.165, 1.54) is 24.3 Å². The largest absolute Gasteiger partial charge is 0.418 e. The Hall–Kier alpha value is -2.41. The molecule has 1 aromatic carbocycles. The van der Waals surface area contributed by atoms with Crippen LogP contribution in [0.5, 0.6) is 0 Å². The van der Waals surface area contributed by atoms with Gasteiger partial charge in [0, 0.05) is 25.0 Å². The van der Waals surface area contributed by atoms with Crippen molar-refractivity contribution >= 4 is 5.91 Å². The van der Waals surface area contributed by atoms with Gasteiger partial charge in [0.1, 0.15) is 6.61 Å². The number of alkyl halides is 3. The highest BCUT2D eigenvalue weighted by molar-refractivity contribution is 5.78. The maximum absolute atomic E-state index is 13.3. The molecule has 0 saturated heterocycles. The first-order valence-corrected chi connectivity index (χ1v) is 8.37. The molecule has 0 aliphatic heterocycles. The van der Waals surface area contributed by atoms with E-state index in [0.29, 0.717) is 6.54 Å². The van der Waals surface area contributed by atoms with Gasteiger partial charge in [0.05, 0.1) is 0 Å². The Morgan fingerprint density at radius 3 is 2.50 bits per heavy atom. The summed E-state index contributed by atoms with van der Waals surface area (Å²) in [6.07, 6.45) is -1.72. The van der Waals surface area contributed by atoms with Crippen molar-refractivity contribution in [2.75, 3.05) is 6.61 Å². The lowest BCUT2D eigenvalue weighted by Gasteiger charge is -2.25. The van der Waals surface area contributed by atoms with E-state index >= 15 is 0 Å². The molecule has 4 nitrogen and oxygen atoms in total. The molecule has 0 N–H and O–H groups in total. The first-order chi connectivity index (χ1) is 12.4. The topological polar surface area (TPSA) is 42.4 Å². The van der Waals surface area contributed by atoms with E-state index in [-0.39, 0.29) is 11.6 Å². The normalized spacial score (nSPS) is 15.5. The Balaban J connectivity index is 1.66. The van der Waals surface area contributed by atoms with Crippen molar-refractivity contribution in [3.05, 3.63) is 66.0 Å². The maximum atomic E-state index is 13.3. The zero-order valence-electron chi connectivity index (χ0n) is 14.0. The van der Waals surface area contributed by atoms with Crippen molar-refractivity contribution in [2.24, 2.45) is 0 Å². The molecule has 3 rings (SSSR count). The second-order valence-corrected chi connectivity index (χ2v) is 6.26. The van der Waals surface area contributed by atoms with E-state index in [9.17, 15) is 18.0 Å². The molecule has 7 heteroatoms. The fourth-order valence-electron chi connectivity index (χ4n) is 2.74. The van der Waals surface area contributed by atoms with Gasteiger partial charge in [0.15, 0.2) is 6.10 Å². The molecule has 1 atom stereocenters. The number of carbonyl (C=O) groups excluding carboxylic acids is 1. The van der Waals surface area contributed by atoms with E-state index in [2.05, 4.69) is 4.98 Å². The van der Waals surface area contributed by atoms with Crippen molar-refractivity contribution in [3.8, 4) is 0 Å². The summed E-state index contributed by atoms with van der Waals surface area (Å²) in [7, 11) is 0. The minimum atomic E-state index is -4.59. The molecule has 1 fully saturated rings. The van der Waals surface area contributed by atoms with Gasteiger partial charge in [0.2, 0.25) is 5.91 Å². The summed E-state index contributed by atoms with van der Waals surface area (Å²) in [5, 5.41) is 0. The molecular weight excluding hydrogens is 345 g/mol. The number of carbonyl (C=O) groups is 1. The minimum Gasteiger partial charge on any atom is -0.354 e. The Morgan fingerprint density at radius 2 is 1.92 bits per heavy atom. The predicted octanol–water partition coefficient (Wildman–Crippen LogP) is 3.89. The van der Waals surface area contributed by atoms with E-state index in [1.807, 2.05) is 6.07 Å². The monoisotopic (exact) mass is 364 g/mol. The SMILES string of the molecule is O=C(CO[C@H](c1ccccc1)C(F)(F)F)N(Cc1cccnc1)C1CC1. The summed E-state index contributed by atoms with van der Waals surface area (Å²) in [6, 6.07) is 11.0. The summed E-state index contributed by atoms with van der Waals surface area (Å²) in [5.41, 5.74) is 0.821. The third-order valence-corrected chi connectivity index (χ3v) is 4.16. The fraction of sp³-hybridized carbons (Fsp3) is 0.368. The lowest BCUT2D eigenvalue weighted by Crippen LogP contribution is -2.37. The number of pyridine rings is 1. The molecule has 138 valence electrons. The van der Waals surface area contributed by atoms with Crippen LogP contribution >= 0.6 is 0 Å². The number of amides is 1. The van der Waals surface area contributed by atoms with Crippen molar-refractivity contribution in [1.29, 1.82) is 0 Å². The third kappa shape index (κ3) is 4.82. The van der Waals surface area contributed by atoms with Crippen molar-refractivity contribution in [3.63, 3.8) is 0 Å². The van der Waals surface area contributed by atoms with Gasteiger partial charge in [-0.2, -0.15) is 13.2 Å². The van der Waals surface area contributed by atoms with Gasteiger partial charge >= 0.3 is 6.18 Å². The van der Waals surface area contributed by atoms with Crippen LogP contribution in [0.15, 0.2) is 54.9 Å². The summed E-state index contributed by atoms with van der Waals surface area (Å²) >= 11 is 0. The van der Waals surface area contributed by atoms with Gasteiger partial charge in [-0.15, -0.1) is 0 Å². The molecule has 1 aromatic heterocycles. The van der Waals surface area contributed by atoms with Crippen LogP contribution < -0.4 is 0 Å². The number of hydrogen-bond acceptors (Lipinski definition) is 3. The van der Waals surface area contributed by atoms with Gasteiger partial charge in [-0.3, -0.25) is 9.78 Å². The zero-order chi connectivity index (χ0) is 18.6. The number of rotatable bonds is 7. The average molecular weight is 364 g/mol. The van der Waals surface area contributed by atoms with Crippen molar-refractivity contribution in [1.82, 2.24) is 9.88 Å². The first kappa shape index (κ1) is 18.4. The van der Waals surface area contributed by atoms with Gasteiger partial charge in [-0.05, 0) is 30.0 Å². The molecule has 0 unspecified atom stereocenters. The number of benzene rings is 1. The molecule has 26 heavy (non-hydrogen) atoms. The molecule has 0 bridgehead atoms. The molecule has 0 radical (unpaired) electrons. The molecule has 1 aliphatic rings. The van der Waals surface area contributed by atoms with Crippen LogP contribution in [-0.2, 0) is 16.1 Å². The van der Waals surface area contributed by atoms with Gasteiger partial charge in [-0.1, -0.05) is 36.4 Å². The number of halogens is 3. The van der Waals surface area contributed by atoms with Crippen molar-refractivity contribution in [2.45, 2.75) is 37.7 Å². The highest BCUT2D eigenvalue weighted by Crippen LogP contribution is 2.36. The number of nitrogens with zero attached hydrogens (tertiary/aromatic N) is 2. The second kappa shape index (κ2) is 7.86. The second-order valence-electron chi connectivity index (χ2n) is 6.26. The van der Waals surface area contributed by atoms with Gasteiger partial charge in [0.25, 0.3) is 0 Å². The number of ether oxygens (including phenoxy) is 1. The summed E-state index contributed by atoms with van der Waals surface area (Å²) in [4.78, 5) is 18.1. The van der Waals surface area contributed by atoms with Crippen LogP contribution in [-0.4, -0.2) is 34.6 Å². The van der Waals surface area contributed by atoms with Crippen LogP contribution in [0.3, 0.4) is 0 Å².